The molecule has 129 heavy (non-hydrogen) atoms. The fraction of sp³-hybridized carbons (Fsp3) is 0.516. The number of fused-ring (bicyclic) bond motifs is 6. The molecule has 38 heteroatoms. The maximum Gasteiger partial charge on any atom is 0.586 e. The van der Waals surface area contributed by atoms with Gasteiger partial charge in [0.05, 0.1) is 90.1 Å². The first-order chi connectivity index (χ1) is 60.7. The molecule has 6 heterocycles. The third-order valence-electron chi connectivity index (χ3n) is 23.2. The van der Waals surface area contributed by atoms with E-state index in [1.165, 1.54) is 66.7 Å². The molecule has 4 aliphatic heterocycles. The molecule has 4 saturated carbocycles. The van der Waals surface area contributed by atoms with Gasteiger partial charge in [-0.2, -0.15) is 0 Å². The first kappa shape index (κ1) is 101. The lowest BCUT2D eigenvalue weighted by Gasteiger charge is -2.28. The molecule has 0 amide bonds. The van der Waals surface area contributed by atoms with Crippen LogP contribution in [0.5, 0.6) is 46.0 Å². The van der Waals surface area contributed by atoms with Gasteiger partial charge in [0.1, 0.15) is 17.4 Å². The van der Waals surface area contributed by atoms with Crippen LogP contribution in [0.4, 0.5) is 49.6 Å². The van der Waals surface area contributed by atoms with Crippen LogP contribution in [0.15, 0.2) is 109 Å². The van der Waals surface area contributed by atoms with E-state index in [0.29, 0.717) is 119 Å². The lowest BCUT2D eigenvalue weighted by Crippen LogP contribution is -2.31. The summed E-state index contributed by atoms with van der Waals surface area (Å²) < 4.78 is 205. The van der Waals surface area contributed by atoms with Crippen LogP contribution in [-0.4, -0.2) is 141 Å². The van der Waals surface area contributed by atoms with Crippen molar-refractivity contribution in [3.8, 4) is 46.0 Å². The molecule has 5 N–H and O–H groups in total. The highest BCUT2D eigenvalue weighted by Gasteiger charge is 2.57. The van der Waals surface area contributed by atoms with Crippen LogP contribution in [0, 0.1) is 11.6 Å². The number of ketones is 1. The number of rotatable bonds is 36. The minimum atomic E-state index is -3.75. The fourth-order valence-corrected chi connectivity index (χ4v) is 16.0. The highest BCUT2D eigenvalue weighted by molar-refractivity contribution is 8.26. The van der Waals surface area contributed by atoms with Crippen LogP contribution in [0.1, 0.15) is 197 Å². The van der Waals surface area contributed by atoms with Crippen molar-refractivity contribution < 1.29 is 139 Å². The van der Waals surface area contributed by atoms with Crippen molar-refractivity contribution in [1.82, 2.24) is 9.13 Å². The molecule has 4 aliphatic carbocycles. The monoisotopic (exact) mass is 1920 g/mol. The zero-order chi connectivity index (χ0) is 94.2. The normalized spacial score (nSPS) is 18.1. The minimum Gasteiger partial charge on any atom is -0.481 e. The van der Waals surface area contributed by atoms with E-state index in [4.69, 9.17) is 57.2 Å². The van der Waals surface area contributed by atoms with Gasteiger partial charge in [-0.1, -0.05) is 105 Å². The van der Waals surface area contributed by atoms with Crippen molar-refractivity contribution in [2.75, 3.05) is 58.6 Å². The van der Waals surface area contributed by atoms with Crippen LogP contribution in [0.25, 0.3) is 21.8 Å². The number of nitrogens with two attached hydrogens (primary N) is 1. The average molecular weight is 1920 g/mol. The number of aliphatic hydroxyl groups is 2. The van der Waals surface area contributed by atoms with E-state index < -0.39 is 102 Å². The minimum absolute atomic E-state index is 0.0310. The Labute approximate surface area is 759 Å². The lowest BCUT2D eigenvalue weighted by atomic mass is 9.87. The molecule has 6 aromatic carbocycles. The highest BCUT2D eigenvalue weighted by atomic mass is 36.0. The Morgan fingerprint density at radius 3 is 1.05 bits per heavy atom. The number of Topliss-reactive ketones (excluding diaryl/α,β-unsaturated/α-hetero) is 1. The quantitative estimate of drug-likeness (QED) is 0.0123. The number of aromatic nitrogens is 2. The van der Waals surface area contributed by atoms with Crippen LogP contribution in [-0.2, 0) is 99.4 Å². The number of hydrogen-bond donors (Lipinski definition) is 4. The molecular formula is C91H103Cl4F10N3O20S. The largest absolute Gasteiger partial charge is 0.586 e. The van der Waals surface area contributed by atoms with Crippen molar-refractivity contribution in [3.63, 3.8) is 0 Å². The third-order valence-corrected chi connectivity index (χ3v) is 24.0. The molecule has 706 valence electrons. The topological polar surface area (TPSA) is 293 Å². The maximum atomic E-state index is 15.8. The number of halogens is 14. The number of nitrogens with zero attached hydrogens (tertiary/aromatic N) is 2. The van der Waals surface area contributed by atoms with Gasteiger partial charge in [0.15, 0.2) is 46.0 Å². The summed E-state index contributed by atoms with van der Waals surface area (Å²) in [4.78, 5) is 47.3. The van der Waals surface area contributed by atoms with Crippen LogP contribution in [0.3, 0.4) is 0 Å². The van der Waals surface area contributed by atoms with E-state index in [0.717, 1.165) is 85.7 Å². The van der Waals surface area contributed by atoms with Crippen LogP contribution >= 0.6 is 44.6 Å². The van der Waals surface area contributed by atoms with E-state index >= 15 is 4.39 Å². The average Bonchev–Trinajstić information content (AvgIpc) is 1.58. The molecule has 8 aliphatic rings. The Hall–Kier alpha value is -8.55. The molecule has 8 aromatic rings. The fourth-order valence-electron chi connectivity index (χ4n) is 15.4. The SMILES string of the molecule is CCCCOC[C@H](O)Cn1c(C(C)(C)COCCCC)cc2cc(CC(=O)C3(c4ccc5c(c4)OC(F)(F)O5)CC3)c(F)cc21.CCCCOC[C@H](O)Cn1c(C(C)(C)COCCCC)cc2cc(N)c(F)cc21.O=C(Cl)C1(c2ccc3c(c2)OC(F)(F)O3)CC1.O=C(Cl)C1(c2ccc3c(c2)OC(F)(F)O3)CC1.O=C(O)C1(c2ccc3c(c2)OC(F)(F)O3)CC1.O=S(Cl)Cl. The summed E-state index contributed by atoms with van der Waals surface area (Å²) in [6, 6.07) is 27.4. The van der Waals surface area contributed by atoms with Crippen LogP contribution < -0.4 is 43.6 Å². The predicted molar refractivity (Wildman–Crippen MR) is 461 cm³/mol. The molecular weight excluding hydrogens is 1820 g/mol. The van der Waals surface area contributed by atoms with Gasteiger partial charge in [0, 0.05) is 93.3 Å². The summed E-state index contributed by atoms with van der Waals surface area (Å²) in [5.41, 5.74) is 7.60. The summed E-state index contributed by atoms with van der Waals surface area (Å²) in [5.74, 6) is -2.65. The predicted octanol–water partition coefficient (Wildman–Crippen LogP) is 20.6. The number of carboxylic acids is 1. The molecule has 2 atom stereocenters. The second kappa shape index (κ2) is 41.3. The van der Waals surface area contributed by atoms with E-state index in [1.807, 2.05) is 21.3 Å². The molecule has 0 unspecified atom stereocenters. The number of hydrogen-bond acceptors (Lipinski definition) is 20. The Morgan fingerprint density at radius 1 is 0.450 bits per heavy atom. The van der Waals surface area contributed by atoms with Gasteiger partial charge in [-0.25, -0.2) is 13.0 Å². The van der Waals surface area contributed by atoms with Gasteiger partial charge >= 0.3 is 31.1 Å². The zero-order valence-corrected chi connectivity index (χ0v) is 75.9. The molecule has 0 spiro atoms. The summed E-state index contributed by atoms with van der Waals surface area (Å²) in [7, 11) is 7.36. The standard InChI is InChI=1S/C35H44F3NO6.C23H37FN2O3.2C11H7ClF2O3.C11H8F2O4.Cl2OS/c1-5-7-13-42-21-26(40)20-39-28-19-27(36)23(15-24(28)16-31(39)33(3,4)22-43-14-8-6-2)17-32(41)34(11-12-34)25-9-10-29-30(18-25)45-35(37,38)44-29;1-5-7-9-28-15-18(27)14-26-21-13-19(24)20(25)11-17(21)12-22(26)23(3,4)16-29-10-8-6-2;2*12-9(15)10(3-4-10)6-1-2-7-8(5-6)17-11(13,14)16-7;12-11(13)16-7-2-1-6(5-8(7)17-11)10(3-4-10)9(14)15;1-4(2)3/h9-10,15-16,18-19,26,40H,5-8,11-14,17,20-22H2,1-4H3;11-13,18,27H,5-10,14-16,25H2,1-4H3;2*1-2,5H,3-4H2;1-2,5H,3-4H2,(H,14,15);/t26-;18-;;;;/m11..../s1. The van der Waals surface area contributed by atoms with Crippen molar-refractivity contribution in [3.05, 3.63) is 160 Å². The summed E-state index contributed by atoms with van der Waals surface area (Å²) in [6.45, 7) is 21.3. The van der Waals surface area contributed by atoms with Gasteiger partial charge in [0.2, 0.25) is 19.7 Å². The van der Waals surface area contributed by atoms with Gasteiger partial charge < -0.3 is 87.0 Å². The molecule has 2 aromatic heterocycles. The first-order valence-corrected chi connectivity index (χ1v) is 45.9. The van der Waals surface area contributed by atoms with Crippen molar-refractivity contribution in [2.24, 2.45) is 0 Å². The Bertz CT molecular complexity index is 5150. The number of carboxylic acid groups (broad SMARTS) is 1. The number of unbranched alkanes of at least 4 members (excludes halogenated alkanes) is 4. The second-order valence-electron chi connectivity index (χ2n) is 34.2. The number of carbonyl (C=O) groups is 4. The van der Waals surface area contributed by atoms with E-state index in [-0.39, 0.29) is 94.6 Å². The number of alkyl halides is 8. The smallest absolute Gasteiger partial charge is 0.481 e. The molecule has 16 rings (SSSR count). The molecule has 0 radical (unpaired) electrons. The van der Waals surface area contributed by atoms with E-state index in [1.54, 1.807) is 30.3 Å². The number of benzene rings is 6. The Balaban J connectivity index is 0.000000164. The zero-order valence-electron chi connectivity index (χ0n) is 72.1. The van der Waals surface area contributed by atoms with Gasteiger partial charge in [-0.05, 0) is 207 Å². The van der Waals surface area contributed by atoms with E-state index in [2.05, 4.69) is 115 Å². The molecule has 23 nitrogen and oxygen atoms in total. The maximum absolute atomic E-state index is 15.8. The molecule has 0 bridgehead atoms. The Morgan fingerprint density at radius 2 is 0.744 bits per heavy atom. The number of carbonyl (C=O) groups excluding carboxylic acids is 3. The number of nitrogen functional groups attached to an aromatic ring is 1. The van der Waals surface area contributed by atoms with Crippen molar-refractivity contribution >= 4 is 104 Å². The van der Waals surface area contributed by atoms with Gasteiger partial charge in [0.25, 0.3) is 0 Å². The third kappa shape index (κ3) is 24.9. The summed E-state index contributed by atoms with van der Waals surface area (Å²) in [6.07, 6.45) is -3.68. The first-order valence-electron chi connectivity index (χ1n) is 42.3. The summed E-state index contributed by atoms with van der Waals surface area (Å²) in [5, 5.41) is 31.2. The number of ether oxygens (including phenoxy) is 12. The Kier molecular flexibility index (Phi) is 32.3. The van der Waals surface area contributed by atoms with Gasteiger partial charge in [-0.15, -0.1) is 35.1 Å². The summed E-state index contributed by atoms with van der Waals surface area (Å²) >= 11 is 11.0. The van der Waals surface area contributed by atoms with Crippen LogP contribution in [0.2, 0.25) is 0 Å². The van der Waals surface area contributed by atoms with Crippen molar-refractivity contribution in [1.29, 1.82) is 0 Å². The van der Waals surface area contributed by atoms with Crippen molar-refractivity contribution in [2.45, 2.75) is 248 Å². The number of aliphatic carboxylic acids is 1. The molecule has 0 saturated heterocycles. The lowest BCUT2D eigenvalue weighted by molar-refractivity contribution is -0.287. The highest BCUT2D eigenvalue weighted by Crippen LogP contribution is 2.57. The van der Waals surface area contributed by atoms with E-state index in [9.17, 15) is 68.9 Å². The van der Waals surface area contributed by atoms with Gasteiger partial charge in [-0.3, -0.25) is 19.2 Å². The number of anilines is 1. The molecule has 4 fully saturated rings. The second-order valence-corrected chi connectivity index (χ2v) is 37.5. The number of aliphatic hydroxyl groups excluding tert-OH is 2.